The minimum Gasteiger partial charge on any atom is -0.440 e. The molecule has 1 aromatic heterocycles. The molecule has 31 valence electrons. The molecule has 2 heteroatoms. The van der Waals surface area contributed by atoms with Crippen molar-refractivity contribution >= 4 is 0 Å². The Kier molecular flexibility index (Phi) is 0.638. The van der Waals surface area contributed by atoms with Gasteiger partial charge >= 0.3 is 0 Å². The van der Waals surface area contributed by atoms with Gasteiger partial charge < -0.3 is 4.42 Å². The van der Waals surface area contributed by atoms with Gasteiger partial charge in [-0.25, -0.2) is 4.98 Å². The molecular weight excluding hydrogens is 78.1 g/mol. The summed E-state index contributed by atoms with van der Waals surface area (Å²) in [6, 6.07) is 0. The van der Waals surface area contributed by atoms with Crippen LogP contribution in [0, 0.1) is 13.2 Å². The Hall–Kier alpha value is -0.790. The van der Waals surface area contributed by atoms with Gasteiger partial charge in [0.15, 0.2) is 12.7 Å². The molecule has 0 unspecified atom stereocenters. The van der Waals surface area contributed by atoms with E-state index in [1.165, 1.54) is 6.39 Å². The topological polar surface area (TPSA) is 26.0 Å². The van der Waals surface area contributed by atoms with Gasteiger partial charge in [0.2, 0.25) is 0 Å². The lowest BCUT2D eigenvalue weighted by atomic mass is 10.6. The third kappa shape index (κ3) is 0.407. The second kappa shape index (κ2) is 1.12. The molecule has 0 amide bonds. The van der Waals surface area contributed by atoms with Crippen molar-refractivity contribution in [2.75, 3.05) is 0 Å². The van der Waals surface area contributed by atoms with Crippen molar-refractivity contribution in [3.8, 4) is 0 Å². The van der Waals surface area contributed by atoms with Crippen LogP contribution < -0.4 is 0 Å². The van der Waals surface area contributed by atoms with Crippen molar-refractivity contribution in [1.82, 2.24) is 4.98 Å². The van der Waals surface area contributed by atoms with Gasteiger partial charge in [0.1, 0.15) is 0 Å². The molecule has 0 atom stereocenters. The quantitative estimate of drug-likeness (QED) is 0.462. The molecule has 0 N–H and O–H groups in total. The van der Waals surface area contributed by atoms with E-state index in [9.17, 15) is 0 Å². The smallest absolute Gasteiger partial charge is 0.194 e. The molecule has 1 heterocycles. The number of hydrogen-bond acceptors (Lipinski definition) is 2. The number of rotatable bonds is 0. The highest BCUT2D eigenvalue weighted by atomic mass is 16.3. The first-order valence-corrected chi connectivity index (χ1v) is 1.67. The zero-order valence-corrected chi connectivity index (χ0v) is 3.43. The second-order valence-corrected chi connectivity index (χ2v) is 1.04. The molecule has 0 saturated heterocycles. The van der Waals surface area contributed by atoms with E-state index < -0.39 is 0 Å². The Labute approximate surface area is 35.8 Å². The number of hydrogen-bond donors (Lipinski definition) is 0. The molecule has 0 bridgehead atoms. The number of oxazole rings is 1. The van der Waals surface area contributed by atoms with E-state index in [0.717, 1.165) is 5.69 Å². The SMILES string of the molecule is Cc1[c]ocn1. The maximum Gasteiger partial charge on any atom is 0.194 e. The Morgan fingerprint density at radius 1 is 2.00 bits per heavy atom. The fraction of sp³-hybridized carbons (Fsp3) is 0.250. The number of nitrogens with zero attached hydrogens (tertiary/aromatic N) is 1. The molecule has 6 heavy (non-hydrogen) atoms. The van der Waals surface area contributed by atoms with E-state index in [4.69, 9.17) is 0 Å². The van der Waals surface area contributed by atoms with Crippen molar-refractivity contribution in [2.45, 2.75) is 6.92 Å². The molecular formula is C4H4NO. The summed E-state index contributed by atoms with van der Waals surface area (Å²) in [6.07, 6.45) is 3.87. The molecule has 1 aromatic rings. The van der Waals surface area contributed by atoms with E-state index in [0.29, 0.717) is 0 Å². The van der Waals surface area contributed by atoms with Crippen molar-refractivity contribution < 1.29 is 4.42 Å². The van der Waals surface area contributed by atoms with Crippen LogP contribution in [-0.2, 0) is 0 Å². The zero-order chi connectivity index (χ0) is 4.41. The summed E-state index contributed by atoms with van der Waals surface area (Å²) in [4.78, 5) is 3.69. The summed E-state index contributed by atoms with van der Waals surface area (Å²) in [5.74, 6) is 0. The van der Waals surface area contributed by atoms with Gasteiger partial charge in [-0.05, 0) is 6.92 Å². The van der Waals surface area contributed by atoms with Gasteiger partial charge in [-0.3, -0.25) is 0 Å². The summed E-state index contributed by atoms with van der Waals surface area (Å²) >= 11 is 0. The van der Waals surface area contributed by atoms with Gasteiger partial charge in [0.25, 0.3) is 0 Å². The van der Waals surface area contributed by atoms with Crippen molar-refractivity contribution in [2.24, 2.45) is 0 Å². The van der Waals surface area contributed by atoms with E-state index >= 15 is 0 Å². The maximum absolute atomic E-state index is 4.48. The highest BCUT2D eigenvalue weighted by molar-refractivity contribution is 4.81. The minimum absolute atomic E-state index is 0.801. The average molecular weight is 82.1 g/mol. The predicted molar refractivity (Wildman–Crippen MR) is 20.1 cm³/mol. The Balaban J connectivity index is 3.05. The average Bonchev–Trinajstić information content (AvgIpc) is 1.86. The van der Waals surface area contributed by atoms with Crippen molar-refractivity contribution in [3.05, 3.63) is 18.4 Å². The van der Waals surface area contributed by atoms with Crippen LogP contribution in [0.4, 0.5) is 0 Å². The van der Waals surface area contributed by atoms with Gasteiger partial charge in [-0.2, -0.15) is 0 Å². The Morgan fingerprint density at radius 3 is 3.00 bits per heavy atom. The van der Waals surface area contributed by atoms with Crippen LogP contribution in [0.15, 0.2) is 10.8 Å². The lowest BCUT2D eigenvalue weighted by molar-refractivity contribution is 0.548. The summed E-state index contributed by atoms with van der Waals surface area (Å²) in [6.45, 7) is 1.82. The second-order valence-electron chi connectivity index (χ2n) is 1.04. The maximum atomic E-state index is 4.48. The van der Waals surface area contributed by atoms with Gasteiger partial charge in [0, 0.05) is 0 Å². The van der Waals surface area contributed by atoms with Crippen LogP contribution in [0.25, 0.3) is 0 Å². The summed E-state index contributed by atoms with van der Waals surface area (Å²) in [7, 11) is 0. The lowest BCUT2D eigenvalue weighted by Crippen LogP contribution is -1.60. The van der Waals surface area contributed by atoms with E-state index in [1.807, 2.05) is 6.92 Å². The molecule has 1 radical (unpaired) electrons. The van der Waals surface area contributed by atoms with Gasteiger partial charge in [0.05, 0.1) is 5.69 Å². The van der Waals surface area contributed by atoms with Crippen LogP contribution in [0.1, 0.15) is 5.69 Å². The minimum atomic E-state index is 0.801. The monoisotopic (exact) mass is 82.0 g/mol. The molecule has 0 aliphatic rings. The number of aromatic nitrogens is 1. The lowest BCUT2D eigenvalue weighted by Gasteiger charge is -1.60. The third-order valence-electron chi connectivity index (χ3n) is 0.506. The molecule has 0 saturated carbocycles. The molecule has 0 fully saturated rings. The zero-order valence-electron chi connectivity index (χ0n) is 3.43. The van der Waals surface area contributed by atoms with Crippen molar-refractivity contribution in [3.63, 3.8) is 0 Å². The van der Waals surface area contributed by atoms with E-state index in [2.05, 4.69) is 15.7 Å². The fourth-order valence-electron chi connectivity index (χ4n) is 0.243. The summed E-state index contributed by atoms with van der Waals surface area (Å²) in [5, 5.41) is 0. The summed E-state index contributed by atoms with van der Waals surface area (Å²) < 4.78 is 4.48. The largest absolute Gasteiger partial charge is 0.440 e. The van der Waals surface area contributed by atoms with Crippen LogP contribution >= 0.6 is 0 Å². The molecule has 0 aliphatic heterocycles. The first kappa shape index (κ1) is 3.40. The van der Waals surface area contributed by atoms with Crippen LogP contribution in [0.2, 0.25) is 0 Å². The first-order valence-electron chi connectivity index (χ1n) is 1.67. The highest BCUT2D eigenvalue weighted by Crippen LogP contribution is 1.84. The molecule has 0 aliphatic carbocycles. The molecule has 1 rings (SSSR count). The standard InChI is InChI=1S/C4H4NO/c1-4-2-6-3-5-4/h3H,1H3. The fourth-order valence-corrected chi connectivity index (χ4v) is 0.243. The molecule has 0 spiro atoms. The highest BCUT2D eigenvalue weighted by Gasteiger charge is 1.79. The Bertz CT molecular complexity index is 111. The molecule has 2 nitrogen and oxygen atoms in total. The van der Waals surface area contributed by atoms with Gasteiger partial charge in [-0.15, -0.1) is 0 Å². The van der Waals surface area contributed by atoms with Crippen LogP contribution in [-0.4, -0.2) is 4.98 Å². The van der Waals surface area contributed by atoms with Crippen molar-refractivity contribution in [1.29, 1.82) is 0 Å². The van der Waals surface area contributed by atoms with E-state index in [-0.39, 0.29) is 0 Å². The molecule has 0 aromatic carbocycles. The normalized spacial score (nSPS) is 8.83. The third-order valence-corrected chi connectivity index (χ3v) is 0.506. The Morgan fingerprint density at radius 2 is 2.83 bits per heavy atom. The van der Waals surface area contributed by atoms with Crippen LogP contribution in [0.5, 0.6) is 0 Å². The first-order chi connectivity index (χ1) is 2.89. The van der Waals surface area contributed by atoms with Crippen LogP contribution in [0.3, 0.4) is 0 Å². The van der Waals surface area contributed by atoms with E-state index in [1.54, 1.807) is 0 Å². The number of aryl methyl sites for hydroxylation is 1. The predicted octanol–water partition coefficient (Wildman–Crippen LogP) is 0.783. The summed E-state index contributed by atoms with van der Waals surface area (Å²) in [5.41, 5.74) is 0.801. The van der Waals surface area contributed by atoms with Gasteiger partial charge in [-0.1, -0.05) is 0 Å².